The number of aryl methyl sites for hydroxylation is 2. The molecule has 658 valence electrons. The number of anilines is 4. The number of carbonyl (C=O) groups is 1. The fourth-order valence-corrected chi connectivity index (χ4v) is 20.3. The molecule has 6 saturated carbocycles. The number of benzene rings is 1. The van der Waals surface area contributed by atoms with Crippen molar-refractivity contribution in [1.82, 2.24) is 73.1 Å². The van der Waals surface area contributed by atoms with Gasteiger partial charge < -0.3 is 109 Å². The quantitative estimate of drug-likeness (QED) is 0.0152. The van der Waals surface area contributed by atoms with Gasteiger partial charge in [-0.3, -0.25) is 36.5 Å². The maximum Gasteiger partial charge on any atom is 0.469 e. The molecule has 1 aromatic carbocycles. The zero-order valence-corrected chi connectivity index (χ0v) is 71.5. The summed E-state index contributed by atoms with van der Waals surface area (Å²) in [5.41, 5.74) is 3.31. The number of nitrogens with zero attached hydrogens (tertiary/aromatic N) is 15. The molecule has 1 aliphatic heterocycles. The Hall–Kier alpha value is -7.25. The predicted molar refractivity (Wildman–Crippen MR) is 425 cm³/mol. The van der Waals surface area contributed by atoms with E-state index in [2.05, 4.69) is 108 Å². The van der Waals surface area contributed by atoms with E-state index in [0.29, 0.717) is 117 Å². The second-order valence-electron chi connectivity index (χ2n) is 30.2. The minimum atomic E-state index is -4.86. The van der Waals surface area contributed by atoms with Crippen LogP contribution in [0.2, 0.25) is 5.02 Å². The number of fused-ring (bicyclic) bond motifs is 7. The van der Waals surface area contributed by atoms with Crippen LogP contribution in [0.5, 0.6) is 0 Å². The van der Waals surface area contributed by atoms with Gasteiger partial charge in [0.05, 0.1) is 80.6 Å². The smallest absolute Gasteiger partial charge is 0.389 e. The molecule has 0 bridgehead atoms. The van der Waals surface area contributed by atoms with Crippen LogP contribution in [0, 0.1) is 59.7 Å². The molecule has 47 nitrogen and oxygen atoms in total. The maximum atomic E-state index is 12.7. The summed E-state index contributed by atoms with van der Waals surface area (Å²) >= 11 is 6.14. The number of ether oxygens (including phenoxy) is 1. The lowest BCUT2D eigenvalue weighted by atomic mass is 9.92. The lowest BCUT2D eigenvalue weighted by Crippen LogP contribution is -2.37. The number of aliphatic hydroxyl groups is 2. The number of carbonyl (C=O) groups excluding carboxylic acids is 1. The molecule has 7 fully saturated rings. The average molecular weight is 1830 g/mol. The first kappa shape index (κ1) is 91.4. The number of rotatable bonds is 29. The Labute approximate surface area is 692 Å². The molecule has 9 aromatic rings. The largest absolute Gasteiger partial charge is 0.469 e. The second-order valence-corrected chi connectivity index (χ2v) is 37.9. The summed E-state index contributed by atoms with van der Waals surface area (Å²) in [6.07, 6.45) is 5.60. The molecule has 0 amide bonds. The number of hydrogen-bond acceptors (Lipinski definition) is 31. The van der Waals surface area contributed by atoms with E-state index in [1.54, 1.807) is 91.4 Å². The topological polar surface area (TPSA) is 677 Å². The lowest BCUT2D eigenvalue weighted by molar-refractivity contribution is -0.130. The minimum Gasteiger partial charge on any atom is -0.389 e. The van der Waals surface area contributed by atoms with E-state index in [-0.39, 0.29) is 68.1 Å². The number of Topliss-reactive ketones (excluding diaryl/α,β-unsaturated/α-hetero) is 1. The molecule has 54 heteroatoms. The van der Waals surface area contributed by atoms with Gasteiger partial charge in [0.2, 0.25) is 5.82 Å². The van der Waals surface area contributed by atoms with Crippen molar-refractivity contribution in [3.8, 4) is 11.8 Å². The molecule has 9 heterocycles. The highest BCUT2D eigenvalue weighted by Crippen LogP contribution is 2.73. The van der Waals surface area contributed by atoms with Crippen molar-refractivity contribution in [1.29, 1.82) is 0 Å². The summed E-state index contributed by atoms with van der Waals surface area (Å²) in [5.74, 6) is 8.73. The third kappa shape index (κ3) is 20.2. The van der Waals surface area contributed by atoms with Crippen molar-refractivity contribution in [2.24, 2.45) is 34.0 Å². The number of hydrogen-bond donors (Lipinski definition) is 18. The summed E-state index contributed by atoms with van der Waals surface area (Å²) in [5, 5.41) is 34.7. The standard InChI is InChI=1S/C27H30ClN5O3.2C14H21N5O8P2.C12H18N4O9P2/c1-3-5-6-7-11-20-31-25(29-14-16-9-8-10-17(28)12-16)21-26(32-20)33(15-30-21)22-18-13-27(18,19(34)4-2)24(36)23(22)35;2*1-7-17-12(15-2)11-13(18-7)19(6-16-11)9-3-10(27-29(23,24)25)14(4-8(9)14)5-26-28(20,21)22;1-13-7-2-3-14-12-11(7)15-6-16(12)10-4-8(25-27(20,21)22)9(24-10)5-23-26(17,18)19/h8-10,12,15,18,22-24,35-36H,3-6,13-14H2,1-2H3,(H,29,31,32);2*6,8-10H,3-5H2,1-2H3,(H,15,17,18)(H2,20,21,22)(H2,23,24,25);2-3,6,8-10H,4-5H2,1H3,(H,13,14)(H2,17,18,19)(H2,20,21,22)/t18-,22-,23-,24?,27-;2*8-,9+,10+,14+;8-,9+,10+/m1110/s1. The van der Waals surface area contributed by atoms with Crippen LogP contribution in [-0.4, -0.2) is 225 Å². The van der Waals surface area contributed by atoms with E-state index < -0.39 is 119 Å². The molecule has 0 radical (unpaired) electrons. The number of ketones is 1. The van der Waals surface area contributed by atoms with Crippen LogP contribution in [0.1, 0.15) is 125 Å². The van der Waals surface area contributed by atoms with Gasteiger partial charge in [-0.1, -0.05) is 49.9 Å². The molecule has 18 N–H and O–H groups in total. The number of halogens is 1. The number of nitrogens with one attached hydrogen (secondary N) is 4. The summed E-state index contributed by atoms with van der Waals surface area (Å²) in [4.78, 5) is 171. The fraction of sp³-hybridized carbons (Fsp3) is 0.552. The van der Waals surface area contributed by atoms with E-state index in [1.165, 1.54) is 6.33 Å². The van der Waals surface area contributed by atoms with Crippen LogP contribution in [-0.2, 0) is 70.6 Å². The molecular formula is C67H90ClN19O28P6. The molecule has 0 spiro atoms. The van der Waals surface area contributed by atoms with Gasteiger partial charge in [-0.25, -0.2) is 82.2 Å². The van der Waals surface area contributed by atoms with Crippen molar-refractivity contribution < 1.29 is 133 Å². The van der Waals surface area contributed by atoms with Crippen LogP contribution < -0.4 is 21.3 Å². The molecule has 16 atom stereocenters. The number of phosphoric ester groups is 6. The third-order valence-electron chi connectivity index (χ3n) is 22.6. The van der Waals surface area contributed by atoms with Crippen LogP contribution in [0.15, 0.2) is 61.8 Å². The first-order valence-corrected chi connectivity index (χ1v) is 47.3. The number of phosphoric acid groups is 6. The maximum absolute atomic E-state index is 12.7. The summed E-state index contributed by atoms with van der Waals surface area (Å²) in [6, 6.07) is 8.22. The van der Waals surface area contributed by atoms with E-state index in [4.69, 9.17) is 69.1 Å². The highest BCUT2D eigenvalue weighted by atomic mass is 35.5. The van der Waals surface area contributed by atoms with Gasteiger partial charge in [0.25, 0.3) is 0 Å². The highest BCUT2D eigenvalue weighted by Gasteiger charge is 2.75. The van der Waals surface area contributed by atoms with Gasteiger partial charge in [0.1, 0.15) is 58.5 Å². The summed E-state index contributed by atoms with van der Waals surface area (Å²) in [6.45, 7) is 6.50. The second kappa shape index (κ2) is 35.3. The van der Waals surface area contributed by atoms with E-state index in [0.717, 1.165) is 30.5 Å². The Morgan fingerprint density at radius 3 is 1.61 bits per heavy atom. The van der Waals surface area contributed by atoms with Crippen molar-refractivity contribution in [2.75, 3.05) is 62.2 Å². The number of imidazole rings is 4. The van der Waals surface area contributed by atoms with E-state index in [1.807, 2.05) is 24.3 Å². The van der Waals surface area contributed by atoms with Gasteiger partial charge in [-0.05, 0) is 99.8 Å². The van der Waals surface area contributed by atoms with E-state index in [9.17, 15) is 62.0 Å². The molecule has 6 aliphatic carbocycles. The number of pyridine rings is 1. The third-order valence-corrected chi connectivity index (χ3v) is 25.9. The number of unbranched alkanes of at least 4 members (excludes halogenated alkanes) is 2. The Kier molecular flexibility index (Phi) is 26.7. The molecule has 16 rings (SSSR count). The van der Waals surface area contributed by atoms with Gasteiger partial charge in [-0.2, -0.15) is 0 Å². The van der Waals surface area contributed by atoms with Crippen molar-refractivity contribution in [2.45, 2.75) is 159 Å². The van der Waals surface area contributed by atoms with Gasteiger partial charge in [-0.15, -0.1) is 0 Å². The van der Waals surface area contributed by atoms with Crippen molar-refractivity contribution in [3.05, 3.63) is 89.9 Å². The lowest BCUT2D eigenvalue weighted by Gasteiger charge is -2.24. The average Bonchev–Trinajstić information content (AvgIpc) is 1.52. The Morgan fingerprint density at radius 2 is 1.11 bits per heavy atom. The first-order chi connectivity index (χ1) is 56.8. The molecule has 7 aliphatic rings. The molecule has 8 aromatic heterocycles. The molecular weight excluding hydrogens is 1740 g/mol. The fourth-order valence-electron chi connectivity index (χ4n) is 17.1. The van der Waals surface area contributed by atoms with Crippen molar-refractivity contribution >= 4 is 132 Å². The monoisotopic (exact) mass is 1830 g/mol. The van der Waals surface area contributed by atoms with Crippen LogP contribution >= 0.6 is 58.5 Å². The van der Waals surface area contributed by atoms with Gasteiger partial charge in [0, 0.05) is 81.1 Å². The normalized spacial score (nSPS) is 27.2. The summed E-state index contributed by atoms with van der Waals surface area (Å²) < 4.78 is 108. The molecule has 121 heavy (non-hydrogen) atoms. The van der Waals surface area contributed by atoms with Crippen molar-refractivity contribution in [3.63, 3.8) is 0 Å². The first-order valence-electron chi connectivity index (χ1n) is 37.7. The zero-order chi connectivity index (χ0) is 87.6. The molecule has 1 saturated heterocycles. The Balaban J connectivity index is 0.000000140. The summed E-state index contributed by atoms with van der Waals surface area (Å²) in [7, 11) is -23.6. The van der Waals surface area contributed by atoms with Crippen LogP contribution in [0.25, 0.3) is 44.7 Å². The minimum absolute atomic E-state index is 0.00745. The van der Waals surface area contributed by atoms with Gasteiger partial charge in [0.15, 0.2) is 45.6 Å². The number of aromatic nitrogens is 15. The van der Waals surface area contributed by atoms with E-state index >= 15 is 0 Å². The van der Waals surface area contributed by atoms with Crippen LogP contribution in [0.4, 0.5) is 23.1 Å². The predicted octanol–water partition coefficient (Wildman–Crippen LogP) is 5.67. The Bertz CT molecular complexity index is 5580. The SMILES string of the molecule is CCCCC#Cc1nc(NCc2cccc(Cl)c2)c2ncn([C@@H]3[C@H]4C[C@@]4(C(=O)CC)C(O)[C@@H]3O)c2n1.CNc1ccnc2c1ncn2[C@H]1C[C@H](OP(=O)(O)O)[C@@H](COP(=O)(O)O)O1.CNc1nc(C)nc2c1ncn2[C@H]1C[C@H](OP(=O)(O)O)[C@]2(COP(=O)(O)O)C[C@H]12.CNc1nc(C)nc2c1ncn2[C@H]1C[C@H](OP(=O)(O)O)[C@]2(COP(=O)(O)O)C[C@H]12. The van der Waals surface area contributed by atoms with Crippen LogP contribution in [0.3, 0.4) is 0 Å². The van der Waals surface area contributed by atoms with Gasteiger partial charge >= 0.3 is 46.9 Å². The zero-order valence-electron chi connectivity index (χ0n) is 65.4. The number of aliphatic hydroxyl groups excluding tert-OH is 2. The Morgan fingerprint density at radius 1 is 0.587 bits per heavy atom. The highest BCUT2D eigenvalue weighted by molar-refractivity contribution is 7.47. The molecule has 1 unspecified atom stereocenters.